The van der Waals surface area contributed by atoms with Crippen LogP contribution in [0, 0.1) is 24.6 Å². The summed E-state index contributed by atoms with van der Waals surface area (Å²) in [6, 6.07) is 8.83. The van der Waals surface area contributed by atoms with Crippen LogP contribution in [0.4, 0.5) is 15.9 Å². The molecule has 0 amide bonds. The predicted octanol–water partition coefficient (Wildman–Crippen LogP) is 4.71. The number of nitrogens with two attached hydrogens (primary N) is 1. The first-order chi connectivity index (χ1) is 17.5. The van der Waals surface area contributed by atoms with Gasteiger partial charge in [-0.3, -0.25) is 0 Å². The van der Waals surface area contributed by atoms with Crippen LogP contribution < -0.4 is 20.7 Å². The predicted molar refractivity (Wildman–Crippen MR) is 136 cm³/mol. The van der Waals surface area contributed by atoms with E-state index in [0.717, 1.165) is 48.0 Å². The molecule has 36 heavy (non-hydrogen) atoms. The minimum atomic E-state index is -0.324. The second-order valence-electron chi connectivity index (χ2n) is 9.84. The van der Waals surface area contributed by atoms with Crippen molar-refractivity contribution in [2.45, 2.75) is 25.8 Å². The molecule has 5 aromatic rings. The Bertz CT molecular complexity index is 1640. The van der Waals surface area contributed by atoms with Crippen molar-refractivity contribution in [3.05, 3.63) is 42.0 Å². The lowest BCUT2D eigenvalue weighted by Gasteiger charge is -2.21. The van der Waals surface area contributed by atoms with Crippen molar-refractivity contribution < 1.29 is 13.5 Å². The Hall–Kier alpha value is -3.92. The first-order valence-corrected chi connectivity index (χ1v) is 12.2. The normalized spacial score (nSPS) is 21.7. The first kappa shape index (κ1) is 21.4. The Labute approximate surface area is 205 Å². The fourth-order valence-electron chi connectivity index (χ4n) is 5.97. The molecule has 4 heterocycles. The number of fused-ring (bicyclic) bond motifs is 5. The van der Waals surface area contributed by atoms with Crippen LogP contribution in [0.25, 0.3) is 33.0 Å². The van der Waals surface area contributed by atoms with Crippen LogP contribution in [-0.2, 0) is 0 Å². The molecule has 3 atom stereocenters. The van der Waals surface area contributed by atoms with Gasteiger partial charge in [0, 0.05) is 44.6 Å². The van der Waals surface area contributed by atoms with Crippen LogP contribution in [0.15, 0.2) is 34.7 Å². The molecule has 2 fully saturated rings. The number of nitrogens with one attached hydrogen (secondary N) is 2. The number of ether oxygens (including phenoxy) is 1. The molecule has 2 aliphatic rings. The molecule has 1 aliphatic carbocycles. The molecule has 1 saturated carbocycles. The van der Waals surface area contributed by atoms with Gasteiger partial charge in [-0.15, -0.1) is 0 Å². The summed E-state index contributed by atoms with van der Waals surface area (Å²) in [4.78, 5) is 19.6. The third kappa shape index (κ3) is 3.28. The molecule has 7 rings (SSSR count). The fourth-order valence-corrected chi connectivity index (χ4v) is 5.97. The second kappa shape index (κ2) is 7.79. The molecule has 1 saturated heterocycles. The smallest absolute Gasteiger partial charge is 0.325 e. The molecule has 2 aromatic carbocycles. The van der Waals surface area contributed by atoms with E-state index in [1.807, 2.05) is 6.07 Å². The van der Waals surface area contributed by atoms with Crippen LogP contribution in [0.3, 0.4) is 0 Å². The molecule has 0 spiro atoms. The van der Waals surface area contributed by atoms with Crippen molar-refractivity contribution in [3.63, 3.8) is 0 Å². The van der Waals surface area contributed by atoms with E-state index in [2.05, 4.69) is 25.2 Å². The molecular weight excluding hydrogens is 461 g/mol. The third-order valence-corrected chi connectivity index (χ3v) is 7.64. The van der Waals surface area contributed by atoms with Crippen molar-refractivity contribution in [2.75, 3.05) is 30.4 Å². The number of aryl methyl sites for hydroxylation is 1. The number of hydrogen-bond acceptors (Lipinski definition) is 8. The third-order valence-electron chi connectivity index (χ3n) is 7.64. The van der Waals surface area contributed by atoms with Crippen LogP contribution in [0.5, 0.6) is 11.8 Å². The van der Waals surface area contributed by atoms with Crippen molar-refractivity contribution in [1.29, 1.82) is 0 Å². The van der Waals surface area contributed by atoms with Crippen LogP contribution in [-0.4, -0.2) is 46.1 Å². The van der Waals surface area contributed by atoms with Gasteiger partial charge in [0.05, 0.1) is 16.6 Å². The van der Waals surface area contributed by atoms with E-state index < -0.39 is 0 Å². The Kier molecular flexibility index (Phi) is 4.62. The average molecular weight is 488 g/mol. The largest absolute Gasteiger partial charge is 0.441 e. The summed E-state index contributed by atoms with van der Waals surface area (Å²) in [5.41, 5.74) is 9.83. The summed E-state index contributed by atoms with van der Waals surface area (Å²) in [7, 11) is 1.77. The maximum Gasteiger partial charge on any atom is 0.325 e. The summed E-state index contributed by atoms with van der Waals surface area (Å²) in [5, 5.41) is 4.59. The lowest BCUT2D eigenvalue weighted by Crippen LogP contribution is -2.30. The van der Waals surface area contributed by atoms with E-state index in [9.17, 15) is 4.39 Å². The zero-order valence-corrected chi connectivity index (χ0v) is 20.0. The molecule has 1 aliphatic heterocycles. The molecule has 0 radical (unpaired) electrons. The van der Waals surface area contributed by atoms with Crippen molar-refractivity contribution in [2.24, 2.45) is 17.6 Å². The summed E-state index contributed by atoms with van der Waals surface area (Å²) < 4.78 is 26.3. The maximum absolute atomic E-state index is 14.6. The standard InChI is InChI=1S/C26H26FN7O2/c1-12-30-19-9-15(4-6-21(19)35-12)36-26-32-24-22(16-7-14(27)8-20(29-2)23(16)31-24)25(33-26)34-10-13-3-5-18(28)17(13)11-34/h4,6-9,13,17-18,29H,3,5,10-11,28H2,1-2H3,(H,31,32,33)/t13-,17+,18-/m1/s1. The monoisotopic (exact) mass is 487 g/mol. The summed E-state index contributed by atoms with van der Waals surface area (Å²) in [6.45, 7) is 3.47. The molecule has 10 heteroatoms. The molecule has 3 aromatic heterocycles. The second-order valence-corrected chi connectivity index (χ2v) is 9.84. The van der Waals surface area contributed by atoms with E-state index in [0.29, 0.717) is 45.9 Å². The number of rotatable bonds is 4. The van der Waals surface area contributed by atoms with Gasteiger partial charge in [-0.1, -0.05) is 0 Å². The molecular formula is C26H26FN7O2. The zero-order valence-electron chi connectivity index (χ0n) is 20.0. The van der Waals surface area contributed by atoms with Gasteiger partial charge in [-0.2, -0.15) is 9.97 Å². The van der Waals surface area contributed by atoms with E-state index in [1.54, 1.807) is 26.1 Å². The highest BCUT2D eigenvalue weighted by Crippen LogP contribution is 2.43. The molecule has 4 N–H and O–H groups in total. The Balaban J connectivity index is 1.38. The number of H-pyrrole nitrogens is 1. The summed E-state index contributed by atoms with van der Waals surface area (Å²) in [6.07, 6.45) is 2.17. The maximum atomic E-state index is 14.6. The van der Waals surface area contributed by atoms with E-state index >= 15 is 0 Å². The summed E-state index contributed by atoms with van der Waals surface area (Å²) in [5.74, 6) is 2.50. The first-order valence-electron chi connectivity index (χ1n) is 12.2. The van der Waals surface area contributed by atoms with Gasteiger partial charge < -0.3 is 30.1 Å². The minimum Gasteiger partial charge on any atom is -0.441 e. The van der Waals surface area contributed by atoms with Gasteiger partial charge in [-0.05, 0) is 48.9 Å². The van der Waals surface area contributed by atoms with Gasteiger partial charge in [0.1, 0.15) is 28.5 Å². The number of aromatic amines is 1. The van der Waals surface area contributed by atoms with Crippen LogP contribution in [0.1, 0.15) is 18.7 Å². The lowest BCUT2D eigenvalue weighted by molar-refractivity contribution is 0.444. The topological polar surface area (TPSA) is 118 Å². The average Bonchev–Trinajstić information content (AvgIpc) is 3.60. The number of halogens is 1. The van der Waals surface area contributed by atoms with E-state index in [4.69, 9.17) is 19.9 Å². The number of hydrogen-bond donors (Lipinski definition) is 3. The highest BCUT2D eigenvalue weighted by Gasteiger charge is 2.42. The van der Waals surface area contributed by atoms with Crippen LogP contribution >= 0.6 is 0 Å². The van der Waals surface area contributed by atoms with Gasteiger partial charge in [0.25, 0.3) is 0 Å². The number of anilines is 2. The van der Waals surface area contributed by atoms with Gasteiger partial charge in [-0.25, -0.2) is 9.37 Å². The highest BCUT2D eigenvalue weighted by molar-refractivity contribution is 6.14. The van der Waals surface area contributed by atoms with E-state index in [1.165, 1.54) is 12.1 Å². The van der Waals surface area contributed by atoms with Gasteiger partial charge >= 0.3 is 6.01 Å². The number of aromatic nitrogens is 4. The zero-order chi connectivity index (χ0) is 24.6. The molecule has 0 unspecified atom stereocenters. The summed E-state index contributed by atoms with van der Waals surface area (Å²) >= 11 is 0. The van der Waals surface area contributed by atoms with Crippen molar-refractivity contribution in [3.8, 4) is 11.8 Å². The van der Waals surface area contributed by atoms with Crippen molar-refractivity contribution in [1.82, 2.24) is 19.9 Å². The van der Waals surface area contributed by atoms with Gasteiger partial charge in [0.15, 0.2) is 11.5 Å². The quantitative estimate of drug-likeness (QED) is 0.334. The molecule has 0 bridgehead atoms. The number of nitrogens with zero attached hydrogens (tertiary/aromatic N) is 4. The van der Waals surface area contributed by atoms with Crippen molar-refractivity contribution >= 4 is 44.5 Å². The highest BCUT2D eigenvalue weighted by atomic mass is 19.1. The SMILES string of the molecule is CNc1cc(F)cc2c1[nH]c1nc(Oc3ccc4oc(C)nc4c3)nc(N3C[C@H]4CC[C@@H](N)[C@H]4C3)c12. The van der Waals surface area contributed by atoms with Gasteiger partial charge in [0.2, 0.25) is 0 Å². The Morgan fingerprint density at radius 3 is 2.89 bits per heavy atom. The molecule has 184 valence electrons. The number of benzene rings is 2. The minimum absolute atomic E-state index is 0.196. The fraction of sp³-hybridized carbons (Fsp3) is 0.346. The lowest BCUT2D eigenvalue weighted by atomic mass is 9.98. The Morgan fingerprint density at radius 2 is 2.06 bits per heavy atom. The van der Waals surface area contributed by atoms with E-state index in [-0.39, 0.29) is 17.9 Å². The van der Waals surface area contributed by atoms with Crippen LogP contribution in [0.2, 0.25) is 0 Å². The molecule has 9 nitrogen and oxygen atoms in total. The Morgan fingerprint density at radius 1 is 1.17 bits per heavy atom. The number of oxazole rings is 1.